The van der Waals surface area contributed by atoms with Crippen LogP contribution in [0.25, 0.3) is 11.3 Å². The van der Waals surface area contributed by atoms with Crippen LogP contribution >= 0.6 is 11.6 Å². The van der Waals surface area contributed by atoms with Crippen molar-refractivity contribution in [3.63, 3.8) is 0 Å². The Hall–Kier alpha value is -3.49. The molecule has 1 N–H and O–H groups in total. The molecule has 202 valence electrons. The number of rotatable bonds is 5. The van der Waals surface area contributed by atoms with Gasteiger partial charge in [0.15, 0.2) is 0 Å². The van der Waals surface area contributed by atoms with Gasteiger partial charge in [-0.25, -0.2) is 9.97 Å². The van der Waals surface area contributed by atoms with Gasteiger partial charge < -0.3 is 19.9 Å². The second-order valence-corrected chi connectivity index (χ2v) is 11.0. The SMILES string of the molecule is CC1Cc2ccccc2CCN1C(=O)CN1Cc2ccc(-c3nc(NC4CCOCC4)ncc3Cl)cc2C1=O. The first kappa shape index (κ1) is 25.8. The van der Waals surface area contributed by atoms with Crippen molar-refractivity contribution in [2.45, 2.75) is 51.2 Å². The Morgan fingerprint density at radius 3 is 2.74 bits per heavy atom. The van der Waals surface area contributed by atoms with Crippen LogP contribution in [0.3, 0.4) is 0 Å². The highest BCUT2D eigenvalue weighted by atomic mass is 35.5. The number of amides is 2. The fourth-order valence-electron chi connectivity index (χ4n) is 5.81. The van der Waals surface area contributed by atoms with Gasteiger partial charge in [0.2, 0.25) is 11.9 Å². The summed E-state index contributed by atoms with van der Waals surface area (Å²) in [5.41, 5.74) is 5.41. The third kappa shape index (κ3) is 5.36. The molecule has 3 aliphatic rings. The van der Waals surface area contributed by atoms with Crippen molar-refractivity contribution in [1.29, 1.82) is 0 Å². The van der Waals surface area contributed by atoms with Gasteiger partial charge in [0.05, 0.1) is 16.9 Å². The lowest BCUT2D eigenvalue weighted by Crippen LogP contribution is -2.45. The minimum Gasteiger partial charge on any atom is -0.381 e. The van der Waals surface area contributed by atoms with Crippen LogP contribution in [0.2, 0.25) is 5.02 Å². The largest absolute Gasteiger partial charge is 0.381 e. The second-order valence-electron chi connectivity index (χ2n) is 10.6. The van der Waals surface area contributed by atoms with Crippen LogP contribution < -0.4 is 5.32 Å². The molecule has 0 bridgehead atoms. The Morgan fingerprint density at radius 2 is 1.92 bits per heavy atom. The molecule has 4 heterocycles. The number of carbonyl (C=O) groups is 2. The molecule has 0 radical (unpaired) electrons. The van der Waals surface area contributed by atoms with Gasteiger partial charge in [0.1, 0.15) is 6.54 Å². The number of hydrogen-bond acceptors (Lipinski definition) is 6. The van der Waals surface area contributed by atoms with Crippen molar-refractivity contribution in [3.8, 4) is 11.3 Å². The number of hydrogen-bond donors (Lipinski definition) is 1. The van der Waals surface area contributed by atoms with Crippen LogP contribution in [0.5, 0.6) is 0 Å². The number of ether oxygens (including phenoxy) is 1. The molecule has 6 rings (SSSR count). The lowest BCUT2D eigenvalue weighted by Gasteiger charge is -2.29. The van der Waals surface area contributed by atoms with Gasteiger partial charge in [-0.05, 0) is 55.4 Å². The quantitative estimate of drug-likeness (QED) is 0.512. The Balaban J connectivity index is 1.16. The van der Waals surface area contributed by atoms with E-state index in [0.717, 1.165) is 36.8 Å². The summed E-state index contributed by atoms with van der Waals surface area (Å²) in [6.07, 6.45) is 5.03. The molecule has 2 amide bonds. The molecule has 1 saturated heterocycles. The summed E-state index contributed by atoms with van der Waals surface area (Å²) in [5.74, 6) is 0.352. The molecule has 1 unspecified atom stereocenters. The van der Waals surface area contributed by atoms with E-state index in [4.69, 9.17) is 16.3 Å². The number of nitrogens with zero attached hydrogens (tertiary/aromatic N) is 4. The van der Waals surface area contributed by atoms with Crippen molar-refractivity contribution in [1.82, 2.24) is 19.8 Å². The average molecular weight is 546 g/mol. The van der Waals surface area contributed by atoms with E-state index >= 15 is 0 Å². The molecule has 3 aromatic rings. The fourth-order valence-corrected chi connectivity index (χ4v) is 6.01. The van der Waals surface area contributed by atoms with Crippen molar-refractivity contribution >= 4 is 29.4 Å². The zero-order valence-electron chi connectivity index (χ0n) is 22.0. The van der Waals surface area contributed by atoms with Crippen LogP contribution in [-0.4, -0.2) is 70.0 Å². The summed E-state index contributed by atoms with van der Waals surface area (Å²) in [4.78, 5) is 39.4. The third-order valence-electron chi connectivity index (χ3n) is 8.00. The van der Waals surface area contributed by atoms with Gasteiger partial charge in [-0.2, -0.15) is 0 Å². The summed E-state index contributed by atoms with van der Waals surface area (Å²) in [6.45, 7) is 4.66. The topological polar surface area (TPSA) is 87.7 Å². The van der Waals surface area contributed by atoms with Gasteiger partial charge in [-0.1, -0.05) is 48.0 Å². The van der Waals surface area contributed by atoms with Crippen molar-refractivity contribution < 1.29 is 14.3 Å². The monoisotopic (exact) mass is 545 g/mol. The maximum absolute atomic E-state index is 13.4. The predicted octanol–water partition coefficient (Wildman–Crippen LogP) is 4.36. The Kier molecular flexibility index (Phi) is 7.23. The maximum atomic E-state index is 13.4. The zero-order chi connectivity index (χ0) is 26.9. The molecular weight excluding hydrogens is 514 g/mol. The fraction of sp³-hybridized carbons (Fsp3) is 0.400. The van der Waals surface area contributed by atoms with E-state index < -0.39 is 0 Å². The van der Waals surface area contributed by atoms with E-state index in [1.54, 1.807) is 11.1 Å². The van der Waals surface area contributed by atoms with E-state index in [1.807, 2.05) is 29.2 Å². The number of halogens is 1. The number of benzene rings is 2. The van der Waals surface area contributed by atoms with Crippen LogP contribution in [0.15, 0.2) is 48.7 Å². The summed E-state index contributed by atoms with van der Waals surface area (Å²) in [7, 11) is 0. The van der Waals surface area contributed by atoms with Crippen molar-refractivity contribution in [2.24, 2.45) is 0 Å². The molecule has 0 saturated carbocycles. The van der Waals surface area contributed by atoms with Gasteiger partial charge in [-0.15, -0.1) is 0 Å². The van der Waals surface area contributed by atoms with Crippen LogP contribution in [0.4, 0.5) is 5.95 Å². The van der Waals surface area contributed by atoms with E-state index in [2.05, 4.69) is 40.4 Å². The standard InChI is InChI=1S/C30H32ClN5O3/c1-19-14-21-5-3-2-4-20(21)8-11-36(19)27(37)18-35-17-23-7-6-22(15-25(23)29(35)38)28-26(31)16-32-30(34-28)33-24-9-12-39-13-10-24/h2-7,15-16,19,24H,8-14,17-18H2,1H3,(H,32,33,34). The van der Waals surface area contributed by atoms with Crippen LogP contribution in [0.1, 0.15) is 46.8 Å². The molecule has 39 heavy (non-hydrogen) atoms. The van der Waals surface area contributed by atoms with E-state index in [1.165, 1.54) is 11.1 Å². The zero-order valence-corrected chi connectivity index (χ0v) is 22.8. The highest BCUT2D eigenvalue weighted by molar-refractivity contribution is 6.33. The van der Waals surface area contributed by atoms with Crippen molar-refractivity contribution in [2.75, 3.05) is 31.6 Å². The normalized spacial score (nSPS) is 19.4. The van der Waals surface area contributed by atoms with Gasteiger partial charge in [-0.3, -0.25) is 9.59 Å². The highest BCUT2D eigenvalue weighted by Crippen LogP contribution is 2.32. The Bertz CT molecular complexity index is 1410. The van der Waals surface area contributed by atoms with E-state index in [9.17, 15) is 9.59 Å². The van der Waals surface area contributed by atoms with Gasteiger partial charge >= 0.3 is 0 Å². The summed E-state index contributed by atoms with van der Waals surface area (Å²) in [6, 6.07) is 14.4. The molecular formula is C30H32ClN5O3. The molecule has 1 fully saturated rings. The second kappa shape index (κ2) is 10.9. The van der Waals surface area contributed by atoms with E-state index in [0.29, 0.717) is 48.5 Å². The number of carbonyl (C=O) groups excluding carboxylic acids is 2. The summed E-state index contributed by atoms with van der Waals surface area (Å²) < 4.78 is 5.43. The van der Waals surface area contributed by atoms with Crippen LogP contribution in [-0.2, 0) is 28.9 Å². The van der Waals surface area contributed by atoms with Crippen LogP contribution in [0, 0.1) is 0 Å². The molecule has 2 aromatic carbocycles. The first-order valence-electron chi connectivity index (χ1n) is 13.6. The number of fused-ring (bicyclic) bond motifs is 2. The summed E-state index contributed by atoms with van der Waals surface area (Å²) >= 11 is 6.49. The minimum atomic E-state index is -0.142. The molecule has 1 aromatic heterocycles. The maximum Gasteiger partial charge on any atom is 0.254 e. The van der Waals surface area contributed by atoms with E-state index in [-0.39, 0.29) is 30.4 Å². The lowest BCUT2D eigenvalue weighted by molar-refractivity contribution is -0.133. The first-order valence-corrected chi connectivity index (χ1v) is 14.0. The third-order valence-corrected chi connectivity index (χ3v) is 8.27. The Labute approximate surface area is 233 Å². The molecule has 0 spiro atoms. The van der Waals surface area contributed by atoms with Gasteiger partial charge in [0.25, 0.3) is 5.91 Å². The van der Waals surface area contributed by atoms with Crippen molar-refractivity contribution in [3.05, 3.63) is 75.9 Å². The predicted molar refractivity (Wildman–Crippen MR) is 150 cm³/mol. The minimum absolute atomic E-state index is 0.0145. The smallest absolute Gasteiger partial charge is 0.254 e. The Morgan fingerprint density at radius 1 is 1.13 bits per heavy atom. The molecule has 3 aliphatic heterocycles. The molecule has 1 atom stereocenters. The summed E-state index contributed by atoms with van der Waals surface area (Å²) in [5, 5.41) is 3.79. The molecule has 8 nitrogen and oxygen atoms in total. The number of aromatic nitrogens is 2. The number of anilines is 1. The highest BCUT2D eigenvalue weighted by Gasteiger charge is 2.32. The lowest BCUT2D eigenvalue weighted by atomic mass is 10.0. The first-order chi connectivity index (χ1) is 19.0. The average Bonchev–Trinajstić information content (AvgIpc) is 3.14. The number of nitrogens with one attached hydrogen (secondary N) is 1. The molecule has 9 heteroatoms. The van der Waals surface area contributed by atoms with Gasteiger partial charge in [0, 0.05) is 49.5 Å². The molecule has 0 aliphatic carbocycles.